The van der Waals surface area contributed by atoms with Crippen LogP contribution < -0.4 is 5.32 Å². The molecular formula is C11H20N2O. The van der Waals surface area contributed by atoms with Gasteiger partial charge in [0.2, 0.25) is 0 Å². The van der Waals surface area contributed by atoms with Crippen molar-refractivity contribution in [3.05, 3.63) is 0 Å². The van der Waals surface area contributed by atoms with E-state index in [0.29, 0.717) is 5.78 Å². The monoisotopic (exact) mass is 196 g/mol. The molecule has 3 nitrogen and oxygen atoms in total. The van der Waals surface area contributed by atoms with Crippen molar-refractivity contribution >= 4 is 5.78 Å². The molecule has 0 radical (unpaired) electrons. The minimum absolute atomic E-state index is 0.447. The maximum atomic E-state index is 11.1. The molecule has 80 valence electrons. The summed E-state index contributed by atoms with van der Waals surface area (Å²) < 4.78 is 0. The Labute approximate surface area is 85.8 Å². The predicted octanol–water partition coefficient (Wildman–Crippen LogP) is 0.651. The number of Topliss-reactive ketones (excluding diaryl/α,β-unsaturated/α-hetero) is 1. The third kappa shape index (κ3) is 2.79. The molecule has 0 aliphatic carbocycles. The summed E-state index contributed by atoms with van der Waals surface area (Å²) in [5, 5.41) is 3.44. The number of carbonyl (C=O) groups is 1. The van der Waals surface area contributed by atoms with Crippen molar-refractivity contribution in [2.24, 2.45) is 5.92 Å². The molecule has 3 heteroatoms. The van der Waals surface area contributed by atoms with Crippen LogP contribution in [-0.4, -0.2) is 43.4 Å². The van der Waals surface area contributed by atoms with E-state index in [2.05, 4.69) is 10.2 Å². The lowest BCUT2D eigenvalue weighted by Crippen LogP contribution is -2.41. The first-order valence-corrected chi connectivity index (χ1v) is 5.79. The second-order valence-corrected chi connectivity index (χ2v) is 4.55. The number of hydrogen-bond donors (Lipinski definition) is 1. The van der Waals surface area contributed by atoms with E-state index in [1.54, 1.807) is 0 Å². The highest BCUT2D eigenvalue weighted by molar-refractivity contribution is 5.79. The molecule has 0 aromatic rings. The number of nitrogens with zero attached hydrogens (tertiary/aromatic N) is 1. The molecule has 2 aliphatic rings. The van der Waals surface area contributed by atoms with Crippen LogP contribution in [0.1, 0.15) is 25.7 Å². The van der Waals surface area contributed by atoms with E-state index >= 15 is 0 Å². The molecule has 2 heterocycles. The molecule has 2 saturated heterocycles. The molecule has 0 bridgehead atoms. The zero-order valence-corrected chi connectivity index (χ0v) is 8.80. The molecule has 1 atom stereocenters. The molecule has 0 spiro atoms. The number of likely N-dealkylation sites (tertiary alicyclic amines) is 1. The van der Waals surface area contributed by atoms with E-state index in [9.17, 15) is 4.79 Å². The molecule has 0 saturated carbocycles. The fourth-order valence-electron chi connectivity index (χ4n) is 2.43. The molecule has 2 fully saturated rings. The summed E-state index contributed by atoms with van der Waals surface area (Å²) in [5.74, 6) is 1.26. The third-order valence-corrected chi connectivity index (χ3v) is 3.33. The van der Waals surface area contributed by atoms with Crippen LogP contribution in [0.4, 0.5) is 0 Å². The van der Waals surface area contributed by atoms with Gasteiger partial charge >= 0.3 is 0 Å². The molecular weight excluding hydrogens is 176 g/mol. The fourth-order valence-corrected chi connectivity index (χ4v) is 2.43. The topological polar surface area (TPSA) is 32.3 Å². The van der Waals surface area contributed by atoms with Gasteiger partial charge in [-0.1, -0.05) is 0 Å². The second kappa shape index (κ2) is 4.89. The minimum atomic E-state index is 0.447. The molecule has 0 aromatic heterocycles. The smallest absolute Gasteiger partial charge is 0.135 e. The standard InChI is InChI=1S/C11H20N2O/c14-11-3-6-13(7-4-11)9-10-2-1-5-12-8-10/h10,12H,1-9H2. The summed E-state index contributed by atoms with van der Waals surface area (Å²) in [4.78, 5) is 13.5. The van der Waals surface area contributed by atoms with Gasteiger partial charge < -0.3 is 10.2 Å². The summed E-state index contributed by atoms with van der Waals surface area (Å²) >= 11 is 0. The van der Waals surface area contributed by atoms with Gasteiger partial charge in [-0.3, -0.25) is 4.79 Å². The van der Waals surface area contributed by atoms with Gasteiger partial charge in [-0.2, -0.15) is 0 Å². The zero-order chi connectivity index (χ0) is 9.80. The van der Waals surface area contributed by atoms with Crippen LogP contribution in [0.3, 0.4) is 0 Å². The summed E-state index contributed by atoms with van der Waals surface area (Å²) in [6.45, 7) is 5.55. The maximum absolute atomic E-state index is 11.1. The minimum Gasteiger partial charge on any atom is -0.316 e. The predicted molar refractivity (Wildman–Crippen MR) is 56.3 cm³/mol. The Morgan fingerprint density at radius 2 is 2.14 bits per heavy atom. The largest absolute Gasteiger partial charge is 0.316 e. The lowest BCUT2D eigenvalue weighted by Gasteiger charge is -2.31. The van der Waals surface area contributed by atoms with E-state index in [1.807, 2.05) is 0 Å². The van der Waals surface area contributed by atoms with E-state index < -0.39 is 0 Å². The van der Waals surface area contributed by atoms with Crippen molar-refractivity contribution in [3.8, 4) is 0 Å². The number of ketones is 1. The Kier molecular flexibility index (Phi) is 3.54. The first-order chi connectivity index (χ1) is 6.84. The Morgan fingerprint density at radius 1 is 1.36 bits per heavy atom. The SMILES string of the molecule is O=C1CCN(CC2CCCNC2)CC1. The van der Waals surface area contributed by atoms with Crippen molar-refractivity contribution in [2.75, 3.05) is 32.7 Å². The molecule has 1 N–H and O–H groups in total. The van der Waals surface area contributed by atoms with Gasteiger partial charge in [0.25, 0.3) is 0 Å². The van der Waals surface area contributed by atoms with Gasteiger partial charge in [-0.15, -0.1) is 0 Å². The van der Waals surface area contributed by atoms with Crippen molar-refractivity contribution in [3.63, 3.8) is 0 Å². The lowest BCUT2D eigenvalue weighted by molar-refractivity contribution is -0.121. The van der Waals surface area contributed by atoms with Crippen LogP contribution in [0, 0.1) is 5.92 Å². The fraction of sp³-hybridized carbons (Fsp3) is 0.909. The first-order valence-electron chi connectivity index (χ1n) is 5.79. The molecule has 0 aromatic carbocycles. The van der Waals surface area contributed by atoms with Gasteiger partial charge in [0.15, 0.2) is 0 Å². The third-order valence-electron chi connectivity index (χ3n) is 3.33. The van der Waals surface area contributed by atoms with Gasteiger partial charge in [0.05, 0.1) is 0 Å². The van der Waals surface area contributed by atoms with E-state index in [1.165, 1.54) is 32.5 Å². The van der Waals surface area contributed by atoms with Crippen molar-refractivity contribution in [1.29, 1.82) is 0 Å². The normalized spacial score (nSPS) is 30.6. The Bertz CT molecular complexity index is 189. The van der Waals surface area contributed by atoms with Gasteiger partial charge in [-0.25, -0.2) is 0 Å². The highest BCUT2D eigenvalue weighted by Gasteiger charge is 2.20. The number of carbonyl (C=O) groups excluding carboxylic acids is 1. The van der Waals surface area contributed by atoms with Crippen LogP contribution in [-0.2, 0) is 4.79 Å². The maximum Gasteiger partial charge on any atom is 0.135 e. The number of nitrogens with one attached hydrogen (secondary N) is 1. The summed E-state index contributed by atoms with van der Waals surface area (Å²) in [5.41, 5.74) is 0. The van der Waals surface area contributed by atoms with Crippen LogP contribution >= 0.6 is 0 Å². The Balaban J connectivity index is 1.71. The number of rotatable bonds is 2. The molecule has 2 rings (SSSR count). The quantitative estimate of drug-likeness (QED) is 0.704. The van der Waals surface area contributed by atoms with Crippen LogP contribution in [0.15, 0.2) is 0 Å². The lowest BCUT2D eigenvalue weighted by atomic mass is 9.98. The van der Waals surface area contributed by atoms with Crippen LogP contribution in [0.5, 0.6) is 0 Å². The van der Waals surface area contributed by atoms with Gasteiger partial charge in [0.1, 0.15) is 5.78 Å². The summed E-state index contributed by atoms with van der Waals surface area (Å²) in [6, 6.07) is 0. The molecule has 2 aliphatic heterocycles. The van der Waals surface area contributed by atoms with Crippen LogP contribution in [0.2, 0.25) is 0 Å². The number of piperidine rings is 2. The van der Waals surface area contributed by atoms with E-state index in [-0.39, 0.29) is 0 Å². The highest BCUT2D eigenvalue weighted by Crippen LogP contribution is 2.14. The van der Waals surface area contributed by atoms with Crippen molar-refractivity contribution in [2.45, 2.75) is 25.7 Å². The van der Waals surface area contributed by atoms with Crippen molar-refractivity contribution < 1.29 is 4.79 Å². The van der Waals surface area contributed by atoms with E-state index in [4.69, 9.17) is 0 Å². The van der Waals surface area contributed by atoms with Gasteiger partial charge in [-0.05, 0) is 31.8 Å². The Hall–Kier alpha value is -0.410. The van der Waals surface area contributed by atoms with Crippen molar-refractivity contribution in [1.82, 2.24) is 10.2 Å². The average molecular weight is 196 g/mol. The second-order valence-electron chi connectivity index (χ2n) is 4.55. The summed E-state index contributed by atoms with van der Waals surface area (Å²) in [7, 11) is 0. The molecule has 0 amide bonds. The number of hydrogen-bond acceptors (Lipinski definition) is 3. The molecule has 1 unspecified atom stereocenters. The summed E-state index contributed by atoms with van der Waals surface area (Å²) in [6.07, 6.45) is 4.23. The average Bonchev–Trinajstić information content (AvgIpc) is 2.23. The Morgan fingerprint density at radius 3 is 2.79 bits per heavy atom. The first kappa shape index (κ1) is 10.1. The molecule has 14 heavy (non-hydrogen) atoms. The van der Waals surface area contributed by atoms with Crippen LogP contribution in [0.25, 0.3) is 0 Å². The van der Waals surface area contributed by atoms with E-state index in [0.717, 1.165) is 31.8 Å². The zero-order valence-electron chi connectivity index (χ0n) is 8.80. The highest BCUT2D eigenvalue weighted by atomic mass is 16.1. The van der Waals surface area contributed by atoms with Gasteiger partial charge in [0, 0.05) is 32.5 Å².